The van der Waals surface area contributed by atoms with Gasteiger partial charge in [0.05, 0.1) is 12.3 Å². The molecule has 4 rings (SSSR count). The Morgan fingerprint density at radius 3 is 2.53 bits per heavy atom. The molecule has 1 aliphatic heterocycles. The Kier molecular flexibility index (Phi) is 5.98. The van der Waals surface area contributed by atoms with Gasteiger partial charge in [0.15, 0.2) is 8.32 Å². The van der Waals surface area contributed by atoms with Crippen molar-refractivity contribution in [3.63, 3.8) is 0 Å². The summed E-state index contributed by atoms with van der Waals surface area (Å²) in [5.41, 5.74) is 4.64. The standard InChI is InChI=1S/C26H34BrNO3Si/c1-25(2,3)32(5,6)31-16-20-21(27)8-7-9-22(20)28-23(29)14-17-10-11-18(26(4)12-13-26)15-19(17)24(28)30/h7-11,15,23,29H,12-14,16H2,1-6H3. The molecule has 2 aromatic carbocycles. The number of rotatable bonds is 5. The van der Waals surface area contributed by atoms with Crippen molar-refractivity contribution >= 4 is 35.8 Å². The fourth-order valence-corrected chi connectivity index (χ4v) is 5.42. The lowest BCUT2D eigenvalue weighted by molar-refractivity contribution is 0.0859. The molecule has 0 bridgehead atoms. The van der Waals surface area contributed by atoms with E-state index in [0.717, 1.165) is 28.4 Å². The third-order valence-electron chi connectivity index (χ3n) is 7.69. The van der Waals surface area contributed by atoms with Crippen molar-refractivity contribution in [2.24, 2.45) is 0 Å². The van der Waals surface area contributed by atoms with Crippen LogP contribution in [0.4, 0.5) is 5.69 Å². The summed E-state index contributed by atoms with van der Waals surface area (Å²) in [5.74, 6) is -0.142. The van der Waals surface area contributed by atoms with Crippen LogP contribution in [0.3, 0.4) is 0 Å². The molecule has 4 nitrogen and oxygen atoms in total. The smallest absolute Gasteiger partial charge is 0.260 e. The van der Waals surface area contributed by atoms with E-state index < -0.39 is 14.5 Å². The minimum absolute atomic E-state index is 0.0864. The van der Waals surface area contributed by atoms with E-state index >= 15 is 0 Å². The molecule has 172 valence electrons. The number of amides is 1. The zero-order valence-electron chi connectivity index (χ0n) is 20.0. The van der Waals surface area contributed by atoms with Gasteiger partial charge in [-0.3, -0.25) is 9.69 Å². The minimum Gasteiger partial charge on any atom is -0.412 e. The lowest BCUT2D eigenvalue weighted by Gasteiger charge is -2.38. The molecule has 6 heteroatoms. The summed E-state index contributed by atoms with van der Waals surface area (Å²) in [5, 5.41) is 11.1. The van der Waals surface area contributed by atoms with Crippen molar-refractivity contribution in [3.8, 4) is 0 Å². The van der Waals surface area contributed by atoms with E-state index in [1.54, 1.807) is 4.90 Å². The SMILES string of the molecule is CC1(c2ccc3c(c2)C(=O)N(c2cccc(Br)c2CO[Si](C)(C)C(C)(C)C)C(O)C3)CC1. The fraction of sp³-hybridized carbons (Fsp3) is 0.500. The van der Waals surface area contributed by atoms with Crippen molar-refractivity contribution < 1.29 is 14.3 Å². The monoisotopic (exact) mass is 515 g/mol. The molecule has 1 unspecified atom stereocenters. The Labute approximate surface area is 201 Å². The maximum Gasteiger partial charge on any atom is 0.260 e. The van der Waals surface area contributed by atoms with Crippen LogP contribution in [0.15, 0.2) is 40.9 Å². The Morgan fingerprint density at radius 1 is 1.22 bits per heavy atom. The highest BCUT2D eigenvalue weighted by Gasteiger charge is 2.41. The van der Waals surface area contributed by atoms with Crippen molar-refractivity contribution in [1.82, 2.24) is 0 Å². The fourth-order valence-electron chi connectivity index (χ4n) is 4.01. The summed E-state index contributed by atoms with van der Waals surface area (Å²) in [6, 6.07) is 12.0. The van der Waals surface area contributed by atoms with E-state index in [4.69, 9.17) is 4.43 Å². The Morgan fingerprint density at radius 2 is 1.91 bits per heavy atom. The van der Waals surface area contributed by atoms with Gasteiger partial charge < -0.3 is 9.53 Å². The van der Waals surface area contributed by atoms with Gasteiger partial charge in [0, 0.05) is 22.0 Å². The molecule has 1 fully saturated rings. The van der Waals surface area contributed by atoms with E-state index in [2.05, 4.69) is 62.8 Å². The number of hydrogen-bond donors (Lipinski definition) is 1. The molecule has 1 amide bonds. The zero-order valence-corrected chi connectivity index (χ0v) is 22.5. The van der Waals surface area contributed by atoms with Crippen LogP contribution in [0.1, 0.15) is 67.6 Å². The second-order valence-corrected chi connectivity index (χ2v) is 16.7. The number of hydrogen-bond acceptors (Lipinski definition) is 3. The summed E-state index contributed by atoms with van der Waals surface area (Å²) >= 11 is 3.67. The number of fused-ring (bicyclic) bond motifs is 1. The lowest BCUT2D eigenvalue weighted by Crippen LogP contribution is -2.46. The van der Waals surface area contributed by atoms with Crippen molar-refractivity contribution in [3.05, 3.63) is 63.1 Å². The Balaban J connectivity index is 1.70. The van der Waals surface area contributed by atoms with Gasteiger partial charge >= 0.3 is 0 Å². The Bertz CT molecular complexity index is 1060. The molecule has 0 spiro atoms. The highest BCUT2D eigenvalue weighted by molar-refractivity contribution is 9.10. The molecule has 1 N–H and O–H groups in total. The van der Waals surface area contributed by atoms with Crippen molar-refractivity contribution in [2.75, 3.05) is 4.90 Å². The van der Waals surface area contributed by atoms with Crippen LogP contribution in [-0.4, -0.2) is 25.6 Å². The number of aliphatic hydroxyl groups excluding tert-OH is 1. The highest BCUT2D eigenvalue weighted by atomic mass is 79.9. The topological polar surface area (TPSA) is 49.8 Å². The summed E-state index contributed by atoms with van der Waals surface area (Å²) < 4.78 is 7.38. The summed E-state index contributed by atoms with van der Waals surface area (Å²) in [4.78, 5) is 15.2. The Hall–Kier alpha value is -1.47. The number of nitrogens with zero attached hydrogens (tertiary/aromatic N) is 1. The van der Waals surface area contributed by atoms with E-state index in [-0.39, 0.29) is 16.4 Å². The second kappa shape index (κ2) is 8.08. The van der Waals surface area contributed by atoms with E-state index in [1.807, 2.05) is 30.3 Å². The lowest BCUT2D eigenvalue weighted by atomic mass is 9.90. The average molecular weight is 517 g/mol. The van der Waals surface area contributed by atoms with E-state index in [0.29, 0.717) is 24.3 Å². The van der Waals surface area contributed by atoms with Crippen molar-refractivity contribution in [1.29, 1.82) is 0 Å². The molecule has 32 heavy (non-hydrogen) atoms. The number of benzene rings is 2. The van der Waals surface area contributed by atoms with Gasteiger partial charge in [-0.15, -0.1) is 0 Å². The summed E-state index contributed by atoms with van der Waals surface area (Å²) in [7, 11) is -1.98. The van der Waals surface area contributed by atoms with Crippen LogP contribution < -0.4 is 4.90 Å². The largest absolute Gasteiger partial charge is 0.412 e. The molecular formula is C26H34BrNO3Si. The average Bonchev–Trinajstić information content (AvgIpc) is 3.45. The predicted molar refractivity (Wildman–Crippen MR) is 136 cm³/mol. The summed E-state index contributed by atoms with van der Waals surface area (Å²) in [6.45, 7) is 13.7. The maximum atomic E-state index is 13.7. The first kappa shape index (κ1) is 23.7. The first-order valence-corrected chi connectivity index (χ1v) is 15.1. The van der Waals surface area contributed by atoms with Gasteiger partial charge in [-0.05, 0) is 65.7 Å². The number of carbonyl (C=O) groups excluding carboxylic acids is 1. The van der Waals surface area contributed by atoms with Crippen LogP contribution in [0.2, 0.25) is 18.1 Å². The molecule has 0 aromatic heterocycles. The predicted octanol–water partition coefficient (Wildman–Crippen LogP) is 6.54. The van der Waals surface area contributed by atoms with Gasteiger partial charge in [0.2, 0.25) is 0 Å². The number of anilines is 1. The van der Waals surface area contributed by atoms with Gasteiger partial charge in [0.1, 0.15) is 6.23 Å². The third kappa shape index (κ3) is 4.23. The van der Waals surface area contributed by atoms with Gasteiger partial charge in [0.25, 0.3) is 5.91 Å². The maximum absolute atomic E-state index is 13.7. The molecule has 2 aliphatic rings. The first-order chi connectivity index (χ1) is 14.8. The third-order valence-corrected chi connectivity index (χ3v) is 12.9. The van der Waals surface area contributed by atoms with Gasteiger partial charge in [-0.2, -0.15) is 0 Å². The van der Waals surface area contributed by atoms with Gasteiger partial charge in [-0.1, -0.05) is 61.8 Å². The molecule has 1 aliphatic carbocycles. The quantitative estimate of drug-likeness (QED) is 0.459. The van der Waals surface area contributed by atoms with Crippen LogP contribution in [0, 0.1) is 0 Å². The van der Waals surface area contributed by atoms with Crippen LogP contribution in [-0.2, 0) is 22.9 Å². The van der Waals surface area contributed by atoms with E-state index in [1.165, 1.54) is 5.56 Å². The van der Waals surface area contributed by atoms with Crippen LogP contribution in [0.25, 0.3) is 0 Å². The second-order valence-electron chi connectivity index (χ2n) is 11.1. The first-order valence-electron chi connectivity index (χ1n) is 11.4. The molecule has 0 radical (unpaired) electrons. The molecular weight excluding hydrogens is 482 g/mol. The van der Waals surface area contributed by atoms with Crippen LogP contribution >= 0.6 is 15.9 Å². The normalized spacial score (nSPS) is 20.3. The molecule has 2 aromatic rings. The van der Waals surface area contributed by atoms with Gasteiger partial charge in [-0.25, -0.2) is 0 Å². The molecule has 1 saturated carbocycles. The highest BCUT2D eigenvalue weighted by Crippen LogP contribution is 2.48. The molecule has 0 saturated heterocycles. The molecule has 1 atom stereocenters. The zero-order chi connectivity index (χ0) is 23.5. The minimum atomic E-state index is -1.98. The summed E-state index contributed by atoms with van der Waals surface area (Å²) in [6.07, 6.45) is 1.84. The molecule has 1 heterocycles. The number of carbonyl (C=O) groups is 1. The van der Waals surface area contributed by atoms with Crippen LogP contribution in [0.5, 0.6) is 0 Å². The van der Waals surface area contributed by atoms with Crippen molar-refractivity contribution in [2.45, 2.75) is 83.3 Å². The number of aliphatic hydroxyl groups is 1. The number of halogens is 1. The van der Waals surface area contributed by atoms with E-state index in [9.17, 15) is 9.90 Å².